The summed E-state index contributed by atoms with van der Waals surface area (Å²) in [5.41, 5.74) is 0. The van der Waals surface area contributed by atoms with Gasteiger partial charge in [-0.3, -0.25) is 0 Å². The van der Waals surface area contributed by atoms with Gasteiger partial charge in [-0.2, -0.15) is 0 Å². The second-order valence-corrected chi connectivity index (χ2v) is 3.24. The molecular weight excluding hydrogens is 144 g/mol. The molecule has 0 aromatic rings. The Labute approximate surface area is 66.6 Å². The van der Waals surface area contributed by atoms with Gasteiger partial charge in [-0.25, -0.2) is 9.78 Å². The molecule has 0 spiro atoms. The van der Waals surface area contributed by atoms with Crippen molar-refractivity contribution >= 4 is 0 Å². The molecule has 1 aliphatic carbocycles. The summed E-state index contributed by atoms with van der Waals surface area (Å²) < 4.78 is 5.29. The second-order valence-electron chi connectivity index (χ2n) is 3.24. The van der Waals surface area contributed by atoms with Crippen molar-refractivity contribution in [2.75, 3.05) is 13.2 Å². The molecular formula is C8H14O3. The van der Waals surface area contributed by atoms with Crippen LogP contribution in [0.5, 0.6) is 0 Å². The minimum absolute atomic E-state index is 0.560. The fraction of sp³-hybridized carbons (Fsp3) is 1.00. The van der Waals surface area contributed by atoms with E-state index in [1.165, 1.54) is 0 Å². The molecule has 1 saturated heterocycles. The maximum Gasteiger partial charge on any atom is 0.0852 e. The minimum atomic E-state index is 0.560. The molecule has 1 aliphatic heterocycles. The van der Waals surface area contributed by atoms with E-state index in [2.05, 4.69) is 0 Å². The lowest BCUT2D eigenvalue weighted by Crippen LogP contribution is -2.09. The van der Waals surface area contributed by atoms with Gasteiger partial charge in [0, 0.05) is 0 Å². The topological polar surface area (TPSA) is 31.0 Å². The van der Waals surface area contributed by atoms with E-state index in [0.29, 0.717) is 24.7 Å². The SMILES string of the molecule is CCOOCC1CC2OC2C1. The molecule has 0 aromatic carbocycles. The van der Waals surface area contributed by atoms with Gasteiger partial charge >= 0.3 is 0 Å². The fourth-order valence-electron chi connectivity index (χ4n) is 1.71. The summed E-state index contributed by atoms with van der Waals surface area (Å²) in [6.07, 6.45) is 3.45. The van der Waals surface area contributed by atoms with Gasteiger partial charge in [-0.05, 0) is 25.7 Å². The van der Waals surface area contributed by atoms with Crippen LogP contribution < -0.4 is 0 Å². The summed E-state index contributed by atoms with van der Waals surface area (Å²) >= 11 is 0. The third kappa shape index (κ3) is 1.72. The first-order valence-corrected chi connectivity index (χ1v) is 4.30. The molecule has 0 radical (unpaired) electrons. The van der Waals surface area contributed by atoms with E-state index in [0.717, 1.165) is 19.4 Å². The quantitative estimate of drug-likeness (QED) is 0.266. The number of hydrogen-bond donors (Lipinski definition) is 0. The van der Waals surface area contributed by atoms with Crippen LogP contribution in [-0.4, -0.2) is 25.4 Å². The predicted octanol–water partition coefficient (Wildman–Crippen LogP) is 1.13. The number of ether oxygens (including phenoxy) is 1. The maximum absolute atomic E-state index is 5.29. The molecule has 64 valence electrons. The Kier molecular flexibility index (Phi) is 2.11. The van der Waals surface area contributed by atoms with Gasteiger partial charge in [0.15, 0.2) is 0 Å². The van der Waals surface area contributed by atoms with Crippen molar-refractivity contribution in [1.82, 2.24) is 0 Å². The van der Waals surface area contributed by atoms with Crippen LogP contribution >= 0.6 is 0 Å². The van der Waals surface area contributed by atoms with E-state index >= 15 is 0 Å². The summed E-state index contributed by atoms with van der Waals surface area (Å²) in [5.74, 6) is 0.672. The first-order chi connectivity index (χ1) is 5.40. The summed E-state index contributed by atoms with van der Waals surface area (Å²) in [7, 11) is 0. The highest BCUT2D eigenvalue weighted by Crippen LogP contribution is 2.42. The van der Waals surface area contributed by atoms with Gasteiger partial charge in [0.05, 0.1) is 25.4 Å². The number of fused-ring (bicyclic) bond motifs is 1. The second kappa shape index (κ2) is 3.09. The highest BCUT2D eigenvalue weighted by atomic mass is 17.2. The van der Waals surface area contributed by atoms with Crippen molar-refractivity contribution in [2.24, 2.45) is 5.92 Å². The molecule has 2 fully saturated rings. The van der Waals surface area contributed by atoms with E-state index in [1.807, 2.05) is 6.92 Å². The molecule has 2 unspecified atom stereocenters. The molecule has 0 N–H and O–H groups in total. The average molecular weight is 158 g/mol. The van der Waals surface area contributed by atoms with Crippen LogP contribution in [0.4, 0.5) is 0 Å². The number of hydrogen-bond acceptors (Lipinski definition) is 3. The highest BCUT2D eigenvalue weighted by Gasteiger charge is 2.47. The zero-order valence-electron chi connectivity index (χ0n) is 6.79. The van der Waals surface area contributed by atoms with Crippen LogP contribution in [-0.2, 0) is 14.5 Å². The van der Waals surface area contributed by atoms with Crippen molar-refractivity contribution in [3.63, 3.8) is 0 Å². The van der Waals surface area contributed by atoms with Crippen LogP contribution in [0.1, 0.15) is 19.8 Å². The first-order valence-electron chi connectivity index (χ1n) is 4.30. The Morgan fingerprint density at radius 3 is 2.64 bits per heavy atom. The number of epoxide rings is 1. The molecule has 3 nitrogen and oxygen atoms in total. The minimum Gasteiger partial charge on any atom is -0.370 e. The zero-order valence-corrected chi connectivity index (χ0v) is 6.79. The Hall–Kier alpha value is -0.120. The zero-order chi connectivity index (χ0) is 7.68. The smallest absolute Gasteiger partial charge is 0.0852 e. The normalized spacial score (nSPS) is 40.6. The van der Waals surface area contributed by atoms with Crippen molar-refractivity contribution in [3.05, 3.63) is 0 Å². The van der Waals surface area contributed by atoms with Gasteiger partial charge in [0.25, 0.3) is 0 Å². The van der Waals surface area contributed by atoms with Gasteiger partial charge in [-0.15, -0.1) is 0 Å². The average Bonchev–Trinajstić information content (AvgIpc) is 2.61. The summed E-state index contributed by atoms with van der Waals surface area (Å²) in [6.45, 7) is 3.30. The summed E-state index contributed by atoms with van der Waals surface area (Å²) in [5, 5.41) is 0. The monoisotopic (exact) mass is 158 g/mol. The third-order valence-corrected chi connectivity index (χ3v) is 2.32. The molecule has 1 heterocycles. The van der Waals surface area contributed by atoms with Crippen LogP contribution in [0.3, 0.4) is 0 Å². The van der Waals surface area contributed by atoms with Crippen molar-refractivity contribution in [3.8, 4) is 0 Å². The lowest BCUT2D eigenvalue weighted by atomic mass is 10.1. The molecule has 2 rings (SSSR count). The Morgan fingerprint density at radius 1 is 1.27 bits per heavy atom. The largest absolute Gasteiger partial charge is 0.370 e. The summed E-state index contributed by atoms with van der Waals surface area (Å²) in [6, 6.07) is 0. The summed E-state index contributed by atoms with van der Waals surface area (Å²) in [4.78, 5) is 9.78. The number of rotatable bonds is 4. The van der Waals surface area contributed by atoms with E-state index in [9.17, 15) is 0 Å². The highest BCUT2D eigenvalue weighted by molar-refractivity contribution is 4.95. The standard InChI is InChI=1S/C8H14O3/c1-2-9-10-5-6-3-7-8(4-6)11-7/h6-8H,2-5H2,1H3. The van der Waals surface area contributed by atoms with Crippen LogP contribution in [0.2, 0.25) is 0 Å². The molecule has 1 saturated carbocycles. The van der Waals surface area contributed by atoms with E-state index in [4.69, 9.17) is 14.5 Å². The van der Waals surface area contributed by atoms with Crippen LogP contribution in [0, 0.1) is 5.92 Å². The predicted molar refractivity (Wildman–Crippen MR) is 39.0 cm³/mol. The fourth-order valence-corrected chi connectivity index (χ4v) is 1.71. The van der Waals surface area contributed by atoms with E-state index in [-0.39, 0.29) is 0 Å². The third-order valence-electron chi connectivity index (χ3n) is 2.32. The van der Waals surface area contributed by atoms with Crippen molar-refractivity contribution < 1.29 is 14.5 Å². The van der Waals surface area contributed by atoms with E-state index < -0.39 is 0 Å². The maximum atomic E-state index is 5.29. The van der Waals surface area contributed by atoms with Gasteiger partial charge in [-0.1, -0.05) is 0 Å². The van der Waals surface area contributed by atoms with Crippen LogP contribution in [0.25, 0.3) is 0 Å². The van der Waals surface area contributed by atoms with Crippen molar-refractivity contribution in [1.29, 1.82) is 0 Å². The molecule has 2 aliphatic rings. The molecule has 2 atom stereocenters. The lowest BCUT2D eigenvalue weighted by Gasteiger charge is -2.09. The molecule has 11 heavy (non-hydrogen) atoms. The molecule has 0 aromatic heterocycles. The van der Waals surface area contributed by atoms with Crippen molar-refractivity contribution in [2.45, 2.75) is 32.0 Å². The molecule has 3 heteroatoms. The Morgan fingerprint density at radius 2 is 2.00 bits per heavy atom. The van der Waals surface area contributed by atoms with Gasteiger partial charge < -0.3 is 4.74 Å². The first kappa shape index (κ1) is 7.53. The lowest BCUT2D eigenvalue weighted by molar-refractivity contribution is -0.298. The van der Waals surface area contributed by atoms with Crippen LogP contribution in [0.15, 0.2) is 0 Å². The Bertz CT molecular complexity index is 127. The van der Waals surface area contributed by atoms with Gasteiger partial charge in [0.1, 0.15) is 0 Å². The van der Waals surface area contributed by atoms with Gasteiger partial charge in [0.2, 0.25) is 0 Å². The molecule has 0 amide bonds. The van der Waals surface area contributed by atoms with E-state index in [1.54, 1.807) is 0 Å². The molecule has 0 bridgehead atoms. The Balaban J connectivity index is 1.57.